The van der Waals surface area contributed by atoms with E-state index in [0.717, 1.165) is 17.0 Å². The van der Waals surface area contributed by atoms with Crippen molar-refractivity contribution in [2.45, 2.75) is 20.0 Å². The van der Waals surface area contributed by atoms with Crippen LogP contribution in [-0.4, -0.2) is 15.5 Å². The summed E-state index contributed by atoms with van der Waals surface area (Å²) in [6, 6.07) is 16.0. The summed E-state index contributed by atoms with van der Waals surface area (Å²) in [5.41, 5.74) is 1.85. The molecule has 0 bridgehead atoms. The van der Waals surface area contributed by atoms with Gasteiger partial charge in [-0.3, -0.25) is 9.78 Å². The molecule has 2 aromatic heterocycles. The van der Waals surface area contributed by atoms with Gasteiger partial charge in [0.25, 0.3) is 5.91 Å². The van der Waals surface area contributed by atoms with Crippen LogP contribution in [0.2, 0.25) is 0 Å². The number of anilines is 1. The Morgan fingerprint density at radius 2 is 1.77 bits per heavy atom. The molecule has 0 radical (unpaired) electrons. The first-order chi connectivity index (χ1) is 14.3. The maximum Gasteiger partial charge on any atom is 0.418 e. The Hall–Kier alpha value is -3.61. The van der Waals surface area contributed by atoms with Crippen molar-refractivity contribution >= 4 is 22.5 Å². The first-order valence-corrected chi connectivity index (χ1v) is 9.28. The predicted molar refractivity (Wildman–Crippen MR) is 110 cm³/mol. The van der Waals surface area contributed by atoms with Crippen molar-refractivity contribution in [2.75, 3.05) is 5.32 Å². The number of pyridine rings is 1. The number of nitrogens with zero attached hydrogens (tertiary/aromatic N) is 2. The van der Waals surface area contributed by atoms with Gasteiger partial charge >= 0.3 is 6.18 Å². The van der Waals surface area contributed by atoms with Crippen LogP contribution in [0.1, 0.15) is 27.3 Å². The van der Waals surface area contributed by atoms with Crippen molar-refractivity contribution in [2.24, 2.45) is 0 Å². The zero-order chi connectivity index (χ0) is 21.5. The van der Waals surface area contributed by atoms with Gasteiger partial charge in [0.1, 0.15) is 0 Å². The molecule has 0 fully saturated rings. The number of aryl methyl sites for hydroxylation is 1. The van der Waals surface area contributed by atoms with E-state index in [4.69, 9.17) is 0 Å². The molecule has 1 amide bonds. The lowest BCUT2D eigenvalue weighted by Gasteiger charge is -2.17. The lowest BCUT2D eigenvalue weighted by Crippen LogP contribution is -2.15. The van der Waals surface area contributed by atoms with E-state index in [0.29, 0.717) is 22.6 Å². The topological polar surface area (TPSA) is 46.9 Å². The molecular weight excluding hydrogens is 391 g/mol. The molecule has 30 heavy (non-hydrogen) atoms. The fourth-order valence-corrected chi connectivity index (χ4v) is 3.67. The Bertz CT molecular complexity index is 1250. The second kappa shape index (κ2) is 7.33. The molecule has 4 rings (SSSR count). The molecule has 152 valence electrons. The van der Waals surface area contributed by atoms with E-state index >= 15 is 0 Å². The van der Waals surface area contributed by atoms with Crippen molar-refractivity contribution in [3.05, 3.63) is 89.4 Å². The first kappa shape index (κ1) is 19.7. The summed E-state index contributed by atoms with van der Waals surface area (Å²) in [4.78, 5) is 17.3. The highest BCUT2D eigenvalue weighted by atomic mass is 19.4. The number of nitrogens with one attached hydrogen (secondary N) is 1. The predicted octanol–water partition coefficient (Wildman–Crippen LogP) is 5.91. The third-order valence-corrected chi connectivity index (χ3v) is 5.02. The molecule has 4 nitrogen and oxygen atoms in total. The quantitative estimate of drug-likeness (QED) is 0.457. The Labute approximate surface area is 171 Å². The van der Waals surface area contributed by atoms with Crippen molar-refractivity contribution < 1.29 is 18.0 Å². The molecular formula is C23H18F3N3O. The number of carbonyl (C=O) groups excluding carboxylic acids is 1. The number of halogens is 3. The van der Waals surface area contributed by atoms with E-state index in [1.165, 1.54) is 16.7 Å². The molecule has 7 heteroatoms. The van der Waals surface area contributed by atoms with E-state index in [-0.39, 0.29) is 5.69 Å². The van der Waals surface area contributed by atoms with Gasteiger partial charge in [0.05, 0.1) is 28.0 Å². The maximum atomic E-state index is 13.5. The SMILES string of the molecule is Cc1cc(C(=O)Nc2cccc3ncccc23)c(C)n1-c1ccccc1C(F)(F)F. The zero-order valence-corrected chi connectivity index (χ0v) is 16.3. The smallest absolute Gasteiger partial charge is 0.321 e. The number of fused-ring (bicyclic) bond motifs is 1. The average Bonchev–Trinajstić information content (AvgIpc) is 3.01. The maximum absolute atomic E-state index is 13.5. The highest BCUT2D eigenvalue weighted by Gasteiger charge is 2.34. The summed E-state index contributed by atoms with van der Waals surface area (Å²) in [5, 5.41) is 3.65. The molecule has 0 spiro atoms. The van der Waals surface area contributed by atoms with Gasteiger partial charge in [0.15, 0.2) is 0 Å². The summed E-state index contributed by atoms with van der Waals surface area (Å²) in [6.07, 6.45) is -2.84. The van der Waals surface area contributed by atoms with Crippen LogP contribution < -0.4 is 5.32 Å². The van der Waals surface area contributed by atoms with Gasteiger partial charge in [-0.05, 0) is 56.3 Å². The molecule has 1 N–H and O–H groups in total. The normalized spacial score (nSPS) is 11.6. The second-order valence-corrected chi connectivity index (χ2v) is 6.96. The number of hydrogen-bond donors (Lipinski definition) is 1. The van der Waals surface area contributed by atoms with Gasteiger partial charge in [-0.1, -0.05) is 18.2 Å². The first-order valence-electron chi connectivity index (χ1n) is 9.28. The van der Waals surface area contributed by atoms with Crippen LogP contribution in [0, 0.1) is 13.8 Å². The van der Waals surface area contributed by atoms with Crippen LogP contribution >= 0.6 is 0 Å². The lowest BCUT2D eigenvalue weighted by atomic mass is 10.1. The summed E-state index contributed by atoms with van der Waals surface area (Å²) >= 11 is 0. The number of carbonyl (C=O) groups is 1. The third kappa shape index (κ3) is 3.43. The molecule has 0 aliphatic carbocycles. The number of rotatable bonds is 3. The minimum Gasteiger partial charge on any atom is -0.321 e. The summed E-state index contributed by atoms with van der Waals surface area (Å²) in [6.45, 7) is 3.32. The lowest BCUT2D eigenvalue weighted by molar-refractivity contribution is -0.137. The monoisotopic (exact) mass is 409 g/mol. The molecule has 0 saturated heterocycles. The molecule has 4 aromatic rings. The minimum atomic E-state index is -4.50. The summed E-state index contributed by atoms with van der Waals surface area (Å²) in [5.74, 6) is -0.393. The minimum absolute atomic E-state index is 0.00610. The fraction of sp³-hybridized carbons (Fsp3) is 0.130. The van der Waals surface area contributed by atoms with E-state index in [2.05, 4.69) is 10.3 Å². The third-order valence-electron chi connectivity index (χ3n) is 5.02. The number of para-hydroxylation sites is 1. The molecule has 0 saturated carbocycles. The highest BCUT2D eigenvalue weighted by molar-refractivity contribution is 6.09. The van der Waals surface area contributed by atoms with Crippen molar-refractivity contribution in [1.82, 2.24) is 9.55 Å². The van der Waals surface area contributed by atoms with E-state index in [9.17, 15) is 18.0 Å². The van der Waals surface area contributed by atoms with Crippen molar-refractivity contribution in [1.29, 1.82) is 0 Å². The van der Waals surface area contributed by atoms with Crippen LogP contribution in [0.3, 0.4) is 0 Å². The van der Waals surface area contributed by atoms with Crippen LogP contribution in [0.5, 0.6) is 0 Å². The largest absolute Gasteiger partial charge is 0.418 e. The van der Waals surface area contributed by atoms with Crippen molar-refractivity contribution in [3.8, 4) is 5.69 Å². The second-order valence-electron chi connectivity index (χ2n) is 6.96. The van der Waals surface area contributed by atoms with Crippen LogP contribution in [0.15, 0.2) is 66.9 Å². The van der Waals surface area contributed by atoms with Gasteiger partial charge in [-0.25, -0.2) is 0 Å². The molecule has 2 heterocycles. The van der Waals surface area contributed by atoms with Crippen molar-refractivity contribution in [3.63, 3.8) is 0 Å². The van der Waals surface area contributed by atoms with Gasteiger partial charge in [-0.15, -0.1) is 0 Å². The van der Waals surface area contributed by atoms with E-state index in [1.807, 2.05) is 12.1 Å². The highest BCUT2D eigenvalue weighted by Crippen LogP contribution is 2.35. The Morgan fingerprint density at radius 1 is 1.00 bits per heavy atom. The fourth-order valence-electron chi connectivity index (χ4n) is 3.67. The number of hydrogen-bond acceptors (Lipinski definition) is 2. The van der Waals surface area contributed by atoms with Crippen LogP contribution in [0.4, 0.5) is 18.9 Å². The van der Waals surface area contributed by atoms with Gasteiger partial charge < -0.3 is 9.88 Å². The molecule has 0 aliphatic heterocycles. The Morgan fingerprint density at radius 3 is 2.53 bits per heavy atom. The van der Waals surface area contributed by atoms with E-state index < -0.39 is 17.6 Å². The van der Waals surface area contributed by atoms with Gasteiger partial charge in [0.2, 0.25) is 0 Å². The summed E-state index contributed by atoms with van der Waals surface area (Å²) in [7, 11) is 0. The van der Waals surface area contributed by atoms with Gasteiger partial charge in [0, 0.05) is 23.0 Å². The van der Waals surface area contributed by atoms with E-state index in [1.54, 1.807) is 50.4 Å². The Balaban J connectivity index is 1.75. The summed E-state index contributed by atoms with van der Waals surface area (Å²) < 4.78 is 42.0. The zero-order valence-electron chi connectivity index (χ0n) is 16.3. The number of amides is 1. The molecule has 0 aliphatic rings. The molecule has 0 atom stereocenters. The number of aromatic nitrogens is 2. The van der Waals surface area contributed by atoms with Crippen LogP contribution in [0.25, 0.3) is 16.6 Å². The molecule has 2 aromatic carbocycles. The standard InChI is InChI=1S/C23H18F3N3O/c1-14-13-17(15(2)29(14)21-11-4-3-8-18(21)23(24,25)26)22(30)28-20-10-5-9-19-16(20)7-6-12-27-19/h3-13H,1-2H3,(H,28,30). The molecule has 0 unspecified atom stereocenters. The Kier molecular flexibility index (Phi) is 4.81. The number of benzene rings is 2. The van der Waals surface area contributed by atoms with Crippen LogP contribution in [-0.2, 0) is 6.18 Å². The van der Waals surface area contributed by atoms with Gasteiger partial charge in [-0.2, -0.15) is 13.2 Å². The average molecular weight is 409 g/mol. The number of alkyl halides is 3.